The molecule has 4 nitrogen and oxygen atoms in total. The van der Waals surface area contributed by atoms with Crippen LogP contribution in [0, 0.1) is 12.8 Å². The zero-order valence-corrected chi connectivity index (χ0v) is 12.1. The topological polar surface area (TPSA) is 50.7 Å². The second-order valence-corrected chi connectivity index (χ2v) is 5.82. The molecule has 0 aromatic carbocycles. The highest BCUT2D eigenvalue weighted by molar-refractivity contribution is 7.07. The van der Waals surface area contributed by atoms with Gasteiger partial charge >= 0.3 is 0 Å². The minimum absolute atomic E-state index is 0.713. The van der Waals surface area contributed by atoms with Crippen molar-refractivity contribution in [1.82, 2.24) is 20.3 Å². The molecule has 100 valence electrons. The zero-order valence-electron chi connectivity index (χ0n) is 11.3. The van der Waals surface area contributed by atoms with Crippen molar-refractivity contribution in [3.05, 3.63) is 27.8 Å². The van der Waals surface area contributed by atoms with Gasteiger partial charge in [-0.2, -0.15) is 0 Å². The first-order valence-electron chi connectivity index (χ1n) is 6.67. The molecule has 0 amide bonds. The van der Waals surface area contributed by atoms with Gasteiger partial charge in [0, 0.05) is 16.8 Å². The maximum Gasteiger partial charge on any atom is 0.179 e. The molecule has 0 fully saturated rings. The molecule has 3 rings (SSSR count). The Balaban J connectivity index is 1.94. The molecule has 0 spiro atoms. The molecule has 0 saturated heterocycles. The minimum atomic E-state index is 0.713. The monoisotopic (exact) mass is 274 g/mol. The second-order valence-electron chi connectivity index (χ2n) is 5.10. The fraction of sp³-hybridized carbons (Fsp3) is 0.500. The van der Waals surface area contributed by atoms with Crippen molar-refractivity contribution >= 4 is 11.3 Å². The Morgan fingerprint density at radius 1 is 1.42 bits per heavy atom. The van der Waals surface area contributed by atoms with Crippen LogP contribution in [0.3, 0.4) is 0 Å². The third kappa shape index (κ3) is 2.53. The van der Waals surface area contributed by atoms with Crippen molar-refractivity contribution in [2.24, 2.45) is 5.92 Å². The maximum absolute atomic E-state index is 4.72. The third-order valence-electron chi connectivity index (χ3n) is 3.74. The Morgan fingerprint density at radius 3 is 3.05 bits per heavy atom. The molecule has 5 heteroatoms. The van der Waals surface area contributed by atoms with Gasteiger partial charge in [-0.15, -0.1) is 11.3 Å². The van der Waals surface area contributed by atoms with E-state index in [-0.39, 0.29) is 0 Å². The first-order valence-corrected chi connectivity index (χ1v) is 7.61. The molecule has 0 saturated carbocycles. The average molecular weight is 274 g/mol. The summed E-state index contributed by atoms with van der Waals surface area (Å²) in [5.74, 6) is 1.49. The lowest BCUT2D eigenvalue weighted by Crippen LogP contribution is -2.26. The summed E-state index contributed by atoms with van der Waals surface area (Å²) in [7, 11) is 2.02. The van der Waals surface area contributed by atoms with Gasteiger partial charge in [-0.1, -0.05) is 0 Å². The molecule has 1 aliphatic carbocycles. The van der Waals surface area contributed by atoms with Crippen molar-refractivity contribution in [3.8, 4) is 11.5 Å². The molecule has 19 heavy (non-hydrogen) atoms. The van der Waals surface area contributed by atoms with Crippen molar-refractivity contribution in [3.63, 3.8) is 0 Å². The molecular weight excluding hydrogens is 256 g/mol. The number of aromatic nitrogens is 3. The zero-order chi connectivity index (χ0) is 13.2. The van der Waals surface area contributed by atoms with Gasteiger partial charge < -0.3 is 5.32 Å². The average Bonchev–Trinajstić information content (AvgIpc) is 2.93. The number of nitrogens with zero attached hydrogens (tertiary/aromatic N) is 3. The second kappa shape index (κ2) is 5.35. The standard InChI is InChI=1S/C14H18N4S/c1-9-11-5-10(6-15-2)3-4-12(11)18-14(17-9)13-7-19-8-16-13/h7-8,10,15H,3-6H2,1-2H3. The van der Waals surface area contributed by atoms with Crippen LogP contribution in [0.15, 0.2) is 10.9 Å². The summed E-state index contributed by atoms with van der Waals surface area (Å²) in [5.41, 5.74) is 6.42. The quantitative estimate of drug-likeness (QED) is 0.932. The maximum atomic E-state index is 4.72. The van der Waals surface area contributed by atoms with Crippen LogP contribution in [-0.4, -0.2) is 28.5 Å². The Kier molecular flexibility index (Phi) is 3.57. The number of nitrogens with one attached hydrogen (secondary N) is 1. The van der Waals surface area contributed by atoms with E-state index < -0.39 is 0 Å². The van der Waals surface area contributed by atoms with Crippen LogP contribution in [0.5, 0.6) is 0 Å². The normalized spacial score (nSPS) is 18.3. The van der Waals surface area contributed by atoms with Crippen molar-refractivity contribution in [1.29, 1.82) is 0 Å². The van der Waals surface area contributed by atoms with E-state index in [1.807, 2.05) is 17.9 Å². The van der Waals surface area contributed by atoms with E-state index in [1.54, 1.807) is 11.3 Å². The van der Waals surface area contributed by atoms with Gasteiger partial charge in [0.2, 0.25) is 0 Å². The van der Waals surface area contributed by atoms with E-state index >= 15 is 0 Å². The molecule has 1 atom stereocenters. The first kappa shape index (κ1) is 12.7. The highest BCUT2D eigenvalue weighted by Crippen LogP contribution is 2.27. The SMILES string of the molecule is CNCC1CCc2nc(-c3cscn3)nc(C)c2C1. The van der Waals surface area contributed by atoms with Crippen LogP contribution in [0.4, 0.5) is 0 Å². The lowest BCUT2D eigenvalue weighted by Gasteiger charge is -2.25. The molecule has 2 heterocycles. The predicted octanol–water partition coefficient (Wildman–Crippen LogP) is 2.23. The van der Waals surface area contributed by atoms with Crippen LogP contribution in [-0.2, 0) is 12.8 Å². The van der Waals surface area contributed by atoms with E-state index in [0.29, 0.717) is 5.92 Å². The summed E-state index contributed by atoms with van der Waals surface area (Å²) in [4.78, 5) is 13.7. The molecule has 0 aliphatic heterocycles. The number of hydrogen-bond acceptors (Lipinski definition) is 5. The smallest absolute Gasteiger partial charge is 0.179 e. The summed E-state index contributed by atoms with van der Waals surface area (Å²) < 4.78 is 0. The lowest BCUT2D eigenvalue weighted by atomic mass is 9.86. The highest BCUT2D eigenvalue weighted by Gasteiger charge is 2.22. The van der Waals surface area contributed by atoms with E-state index in [0.717, 1.165) is 36.6 Å². The molecule has 2 aromatic rings. The van der Waals surface area contributed by atoms with E-state index in [2.05, 4.69) is 22.2 Å². The number of thiazole rings is 1. The van der Waals surface area contributed by atoms with Gasteiger partial charge in [0.25, 0.3) is 0 Å². The number of aryl methyl sites for hydroxylation is 2. The lowest BCUT2D eigenvalue weighted by molar-refractivity contribution is 0.433. The van der Waals surface area contributed by atoms with Gasteiger partial charge in [-0.05, 0) is 51.3 Å². The first-order chi connectivity index (χ1) is 9.28. The van der Waals surface area contributed by atoms with E-state index in [9.17, 15) is 0 Å². The minimum Gasteiger partial charge on any atom is -0.319 e. The predicted molar refractivity (Wildman–Crippen MR) is 77.3 cm³/mol. The Morgan fingerprint density at radius 2 is 2.32 bits per heavy atom. The molecule has 1 aliphatic rings. The summed E-state index contributed by atoms with van der Waals surface area (Å²) in [5, 5.41) is 5.28. The third-order valence-corrected chi connectivity index (χ3v) is 4.32. The van der Waals surface area contributed by atoms with Gasteiger partial charge in [0.05, 0.1) is 5.51 Å². The summed E-state index contributed by atoms with van der Waals surface area (Å²) in [6, 6.07) is 0. The largest absolute Gasteiger partial charge is 0.319 e. The van der Waals surface area contributed by atoms with Crippen LogP contribution in [0.25, 0.3) is 11.5 Å². The molecular formula is C14H18N4S. The van der Waals surface area contributed by atoms with Crippen molar-refractivity contribution < 1.29 is 0 Å². The fourth-order valence-corrected chi connectivity index (χ4v) is 3.29. The summed E-state index contributed by atoms with van der Waals surface area (Å²) >= 11 is 1.59. The van der Waals surface area contributed by atoms with E-state index in [1.165, 1.54) is 17.7 Å². The van der Waals surface area contributed by atoms with Crippen LogP contribution in [0.1, 0.15) is 23.4 Å². The van der Waals surface area contributed by atoms with Crippen LogP contribution >= 0.6 is 11.3 Å². The number of fused-ring (bicyclic) bond motifs is 1. The Labute approximate surface area is 117 Å². The van der Waals surface area contributed by atoms with E-state index in [4.69, 9.17) is 4.98 Å². The van der Waals surface area contributed by atoms with Crippen molar-refractivity contribution in [2.45, 2.75) is 26.2 Å². The van der Waals surface area contributed by atoms with Gasteiger partial charge in [-0.25, -0.2) is 15.0 Å². The molecule has 0 bridgehead atoms. The molecule has 1 unspecified atom stereocenters. The molecule has 1 N–H and O–H groups in total. The van der Waals surface area contributed by atoms with Crippen molar-refractivity contribution in [2.75, 3.05) is 13.6 Å². The van der Waals surface area contributed by atoms with Crippen LogP contribution in [0.2, 0.25) is 0 Å². The highest BCUT2D eigenvalue weighted by atomic mass is 32.1. The summed E-state index contributed by atoms with van der Waals surface area (Å²) in [6.07, 6.45) is 3.36. The van der Waals surface area contributed by atoms with Crippen LogP contribution < -0.4 is 5.32 Å². The molecule has 0 radical (unpaired) electrons. The Bertz CT molecular complexity index is 565. The fourth-order valence-electron chi connectivity index (χ4n) is 2.76. The number of rotatable bonds is 3. The summed E-state index contributed by atoms with van der Waals surface area (Å²) in [6.45, 7) is 3.17. The Hall–Kier alpha value is -1.33. The molecule has 2 aromatic heterocycles. The van der Waals surface area contributed by atoms with Gasteiger partial charge in [0.1, 0.15) is 5.69 Å². The number of hydrogen-bond donors (Lipinski definition) is 1. The van der Waals surface area contributed by atoms with Gasteiger partial charge in [-0.3, -0.25) is 0 Å². The van der Waals surface area contributed by atoms with Gasteiger partial charge in [0.15, 0.2) is 5.82 Å².